The lowest BCUT2D eigenvalue weighted by molar-refractivity contribution is 0.0275. The maximum Gasteiger partial charge on any atom is 0.0521 e. The van der Waals surface area contributed by atoms with Crippen molar-refractivity contribution in [3.8, 4) is 0 Å². The summed E-state index contributed by atoms with van der Waals surface area (Å²) in [6, 6.07) is 0.342. The third-order valence-electron chi connectivity index (χ3n) is 2.92. The Hall–Kier alpha value is -0.120. The van der Waals surface area contributed by atoms with E-state index in [9.17, 15) is 0 Å². The van der Waals surface area contributed by atoms with Crippen LogP contribution in [0.5, 0.6) is 0 Å². The first-order valence-electron chi connectivity index (χ1n) is 5.33. The molecule has 0 amide bonds. The smallest absolute Gasteiger partial charge is 0.0521 e. The maximum atomic E-state index is 6.03. The number of hydrogen-bond donors (Lipinski definition) is 1. The van der Waals surface area contributed by atoms with Gasteiger partial charge in [-0.2, -0.15) is 0 Å². The van der Waals surface area contributed by atoms with Crippen molar-refractivity contribution < 1.29 is 4.74 Å². The van der Waals surface area contributed by atoms with Crippen LogP contribution < -0.4 is 5.73 Å². The van der Waals surface area contributed by atoms with Crippen LogP contribution in [0.25, 0.3) is 0 Å². The van der Waals surface area contributed by atoms with E-state index >= 15 is 0 Å². The highest BCUT2D eigenvalue weighted by Crippen LogP contribution is 2.13. The Morgan fingerprint density at radius 1 is 1.38 bits per heavy atom. The standard InChI is InChI=1S/C10H22N2O/c1-3-12(4-2)7-9-8-13-6-5-10(9)11/h9-10H,3-8,11H2,1-2H3. The van der Waals surface area contributed by atoms with Crippen molar-refractivity contribution in [2.75, 3.05) is 32.8 Å². The minimum absolute atomic E-state index is 0.342. The summed E-state index contributed by atoms with van der Waals surface area (Å²) in [5, 5.41) is 0. The van der Waals surface area contributed by atoms with E-state index in [0.29, 0.717) is 12.0 Å². The van der Waals surface area contributed by atoms with Gasteiger partial charge in [-0.3, -0.25) is 0 Å². The number of nitrogens with zero attached hydrogens (tertiary/aromatic N) is 1. The Bertz CT molecular complexity index is 137. The fourth-order valence-corrected chi connectivity index (χ4v) is 1.81. The molecule has 0 saturated carbocycles. The number of ether oxygens (including phenoxy) is 1. The van der Waals surface area contributed by atoms with Crippen LogP contribution in [0.4, 0.5) is 0 Å². The van der Waals surface area contributed by atoms with Gasteiger partial charge in [0.2, 0.25) is 0 Å². The van der Waals surface area contributed by atoms with Crippen LogP contribution in [0.3, 0.4) is 0 Å². The third kappa shape index (κ3) is 3.25. The molecule has 0 bridgehead atoms. The quantitative estimate of drug-likeness (QED) is 0.702. The Kier molecular flexibility index (Phi) is 4.70. The summed E-state index contributed by atoms with van der Waals surface area (Å²) in [6.45, 7) is 9.39. The molecule has 1 aliphatic heterocycles. The predicted octanol–water partition coefficient (Wildman–Crippen LogP) is 0.692. The van der Waals surface area contributed by atoms with E-state index in [1.165, 1.54) is 0 Å². The molecule has 3 heteroatoms. The molecule has 3 nitrogen and oxygen atoms in total. The highest BCUT2D eigenvalue weighted by atomic mass is 16.5. The fourth-order valence-electron chi connectivity index (χ4n) is 1.81. The van der Waals surface area contributed by atoms with Crippen molar-refractivity contribution >= 4 is 0 Å². The van der Waals surface area contributed by atoms with Gasteiger partial charge in [0.15, 0.2) is 0 Å². The SMILES string of the molecule is CCN(CC)CC1COCCC1N. The van der Waals surface area contributed by atoms with Gasteiger partial charge in [-0.15, -0.1) is 0 Å². The Morgan fingerprint density at radius 3 is 2.62 bits per heavy atom. The van der Waals surface area contributed by atoms with Crippen molar-refractivity contribution in [3.63, 3.8) is 0 Å². The number of rotatable bonds is 4. The topological polar surface area (TPSA) is 38.5 Å². The molecule has 2 unspecified atom stereocenters. The van der Waals surface area contributed by atoms with Crippen LogP contribution in [0.1, 0.15) is 20.3 Å². The molecule has 1 saturated heterocycles. The molecule has 0 radical (unpaired) electrons. The zero-order valence-electron chi connectivity index (χ0n) is 8.83. The van der Waals surface area contributed by atoms with Crippen LogP contribution in [0, 0.1) is 5.92 Å². The Balaban J connectivity index is 2.32. The molecule has 1 aliphatic rings. The van der Waals surface area contributed by atoms with Gasteiger partial charge >= 0.3 is 0 Å². The van der Waals surface area contributed by atoms with E-state index in [1.807, 2.05) is 0 Å². The number of hydrogen-bond acceptors (Lipinski definition) is 3. The van der Waals surface area contributed by atoms with E-state index in [1.54, 1.807) is 0 Å². The molecule has 2 N–H and O–H groups in total. The van der Waals surface area contributed by atoms with E-state index in [-0.39, 0.29) is 0 Å². The maximum absolute atomic E-state index is 6.03. The van der Waals surface area contributed by atoms with Gasteiger partial charge in [0.25, 0.3) is 0 Å². The summed E-state index contributed by atoms with van der Waals surface area (Å²) in [6.07, 6.45) is 1.02. The minimum Gasteiger partial charge on any atom is -0.381 e. The van der Waals surface area contributed by atoms with Crippen molar-refractivity contribution in [2.45, 2.75) is 26.3 Å². The zero-order valence-corrected chi connectivity index (χ0v) is 8.83. The van der Waals surface area contributed by atoms with Crippen LogP contribution in [-0.2, 0) is 4.74 Å². The van der Waals surface area contributed by atoms with E-state index < -0.39 is 0 Å². The lowest BCUT2D eigenvalue weighted by Gasteiger charge is -2.32. The second kappa shape index (κ2) is 5.58. The third-order valence-corrected chi connectivity index (χ3v) is 2.92. The van der Waals surface area contributed by atoms with Crippen molar-refractivity contribution in [1.82, 2.24) is 4.90 Å². The molecular weight excluding hydrogens is 164 g/mol. The minimum atomic E-state index is 0.342. The molecule has 1 fully saturated rings. The summed E-state index contributed by atoms with van der Waals surface area (Å²) < 4.78 is 5.44. The highest BCUT2D eigenvalue weighted by molar-refractivity contribution is 4.78. The Labute approximate surface area is 81.2 Å². The molecular formula is C10H22N2O. The summed E-state index contributed by atoms with van der Waals surface area (Å²) >= 11 is 0. The molecule has 78 valence electrons. The first-order chi connectivity index (χ1) is 6.27. The summed E-state index contributed by atoms with van der Waals surface area (Å²) in [5.41, 5.74) is 6.03. The first kappa shape index (κ1) is 11.0. The molecule has 0 spiro atoms. The van der Waals surface area contributed by atoms with Crippen LogP contribution >= 0.6 is 0 Å². The van der Waals surface area contributed by atoms with Gasteiger partial charge < -0.3 is 15.4 Å². The average molecular weight is 186 g/mol. The van der Waals surface area contributed by atoms with Crippen LogP contribution in [0.15, 0.2) is 0 Å². The van der Waals surface area contributed by atoms with Gasteiger partial charge in [-0.05, 0) is 19.5 Å². The van der Waals surface area contributed by atoms with Crippen molar-refractivity contribution in [2.24, 2.45) is 11.7 Å². The first-order valence-corrected chi connectivity index (χ1v) is 5.33. The Morgan fingerprint density at radius 2 is 2.08 bits per heavy atom. The van der Waals surface area contributed by atoms with E-state index in [2.05, 4.69) is 18.7 Å². The van der Waals surface area contributed by atoms with Gasteiger partial charge in [0, 0.05) is 25.1 Å². The van der Waals surface area contributed by atoms with Gasteiger partial charge in [0.1, 0.15) is 0 Å². The van der Waals surface area contributed by atoms with Crippen molar-refractivity contribution in [3.05, 3.63) is 0 Å². The fraction of sp³-hybridized carbons (Fsp3) is 1.00. The molecule has 0 aliphatic carbocycles. The zero-order chi connectivity index (χ0) is 9.68. The van der Waals surface area contributed by atoms with E-state index in [0.717, 1.165) is 39.3 Å². The molecule has 13 heavy (non-hydrogen) atoms. The van der Waals surface area contributed by atoms with Crippen LogP contribution in [0.2, 0.25) is 0 Å². The van der Waals surface area contributed by atoms with Crippen molar-refractivity contribution in [1.29, 1.82) is 0 Å². The number of nitrogens with two attached hydrogens (primary N) is 1. The second-order valence-corrected chi connectivity index (χ2v) is 3.77. The van der Waals surface area contributed by atoms with Gasteiger partial charge in [-0.1, -0.05) is 13.8 Å². The van der Waals surface area contributed by atoms with Gasteiger partial charge in [-0.25, -0.2) is 0 Å². The van der Waals surface area contributed by atoms with E-state index in [4.69, 9.17) is 10.5 Å². The molecule has 1 rings (SSSR count). The molecule has 0 aromatic carbocycles. The summed E-state index contributed by atoms with van der Waals surface area (Å²) in [5.74, 6) is 0.536. The van der Waals surface area contributed by atoms with Crippen LogP contribution in [-0.4, -0.2) is 43.8 Å². The lowest BCUT2D eigenvalue weighted by atomic mass is 9.96. The largest absolute Gasteiger partial charge is 0.381 e. The molecule has 2 atom stereocenters. The van der Waals surface area contributed by atoms with Gasteiger partial charge in [0.05, 0.1) is 6.61 Å². The highest BCUT2D eigenvalue weighted by Gasteiger charge is 2.23. The second-order valence-electron chi connectivity index (χ2n) is 3.77. The molecule has 0 aromatic rings. The average Bonchev–Trinajstić information content (AvgIpc) is 2.17. The molecule has 0 aromatic heterocycles. The monoisotopic (exact) mass is 186 g/mol. The predicted molar refractivity (Wildman–Crippen MR) is 54.7 cm³/mol. The lowest BCUT2D eigenvalue weighted by Crippen LogP contribution is -2.45. The summed E-state index contributed by atoms with van der Waals surface area (Å²) in [4.78, 5) is 2.42. The normalized spacial score (nSPS) is 29.5. The molecule has 1 heterocycles. The summed E-state index contributed by atoms with van der Waals surface area (Å²) in [7, 11) is 0.